The molecule has 2 fully saturated rings. The third-order valence-corrected chi connectivity index (χ3v) is 5.10. The van der Waals surface area contributed by atoms with Crippen molar-refractivity contribution in [3.63, 3.8) is 0 Å². The number of carbonyl (C=O) groups is 2. The van der Waals surface area contributed by atoms with Crippen LogP contribution in [0.15, 0.2) is 30.3 Å². The van der Waals surface area contributed by atoms with E-state index in [9.17, 15) is 22.6 Å². The number of benzene rings is 1. The van der Waals surface area contributed by atoms with Crippen LogP contribution in [0.4, 0.5) is 0 Å². The van der Waals surface area contributed by atoms with Crippen LogP contribution in [0, 0.1) is 0 Å². The van der Waals surface area contributed by atoms with E-state index >= 15 is 0 Å². The van der Waals surface area contributed by atoms with Gasteiger partial charge in [0.15, 0.2) is 10.3 Å². The number of rotatable bonds is 4. The zero-order chi connectivity index (χ0) is 15.9. The van der Waals surface area contributed by atoms with Gasteiger partial charge in [-0.25, -0.2) is 12.7 Å². The average molecular weight is 346 g/mol. The minimum absolute atomic E-state index is 0. The number of amides is 2. The minimum Gasteiger partial charge on any atom is -0.731 e. The molecule has 7 nitrogen and oxygen atoms in total. The van der Waals surface area contributed by atoms with Crippen LogP contribution in [-0.4, -0.2) is 52.6 Å². The average Bonchev–Trinajstić information content (AvgIpc) is 2.83. The van der Waals surface area contributed by atoms with Crippen molar-refractivity contribution in [3.05, 3.63) is 35.9 Å². The molecule has 0 N–H and O–H groups in total. The largest absolute Gasteiger partial charge is 1.00 e. The summed E-state index contributed by atoms with van der Waals surface area (Å²) in [6.07, 6.45) is 1.14. The fraction of sp³-hybridized carbons (Fsp3) is 0.429. The SMILES string of the molecule is O=C(CCc1ccccc1)N1CC[C@@H]2[C@H]1C(=O)N2S(=O)(=O)[O-].[Na+]. The third kappa shape index (κ3) is 3.46. The molecule has 0 saturated carbocycles. The number of likely N-dealkylation sites (tertiary alicyclic amines) is 1. The van der Waals surface area contributed by atoms with Gasteiger partial charge in [-0.1, -0.05) is 30.3 Å². The van der Waals surface area contributed by atoms with Crippen molar-refractivity contribution in [2.75, 3.05) is 6.54 Å². The third-order valence-electron chi connectivity index (χ3n) is 4.17. The van der Waals surface area contributed by atoms with Crippen molar-refractivity contribution < 1.29 is 52.1 Å². The second-order valence-electron chi connectivity index (χ2n) is 5.47. The van der Waals surface area contributed by atoms with Gasteiger partial charge < -0.3 is 9.45 Å². The summed E-state index contributed by atoms with van der Waals surface area (Å²) in [5.74, 6) is -0.974. The molecule has 2 aliphatic rings. The van der Waals surface area contributed by atoms with Crippen LogP contribution < -0.4 is 29.6 Å². The molecular weight excluding hydrogens is 331 g/mol. The first-order chi connectivity index (χ1) is 10.4. The smallest absolute Gasteiger partial charge is 0.731 e. The van der Waals surface area contributed by atoms with E-state index in [-0.39, 0.29) is 41.9 Å². The van der Waals surface area contributed by atoms with Gasteiger partial charge in [-0.2, -0.15) is 0 Å². The number of carbonyl (C=O) groups excluding carboxylic acids is 2. The zero-order valence-corrected chi connectivity index (χ0v) is 15.5. The van der Waals surface area contributed by atoms with Crippen LogP contribution >= 0.6 is 0 Å². The van der Waals surface area contributed by atoms with E-state index in [1.165, 1.54) is 4.90 Å². The predicted octanol–water partition coefficient (Wildman–Crippen LogP) is -3.10. The molecule has 2 atom stereocenters. The summed E-state index contributed by atoms with van der Waals surface area (Å²) in [7, 11) is -4.78. The molecule has 0 aromatic heterocycles. The van der Waals surface area contributed by atoms with Crippen LogP contribution in [0.2, 0.25) is 0 Å². The Morgan fingerprint density at radius 1 is 1.26 bits per heavy atom. The Kier molecular flexibility index (Phi) is 5.52. The Morgan fingerprint density at radius 3 is 2.52 bits per heavy atom. The molecule has 0 radical (unpaired) electrons. The summed E-state index contributed by atoms with van der Waals surface area (Å²) in [4.78, 5) is 25.5. The monoisotopic (exact) mass is 346 g/mol. The van der Waals surface area contributed by atoms with E-state index in [4.69, 9.17) is 0 Å². The summed E-state index contributed by atoms with van der Waals surface area (Å²) in [6.45, 7) is 0.306. The second-order valence-corrected chi connectivity index (χ2v) is 6.71. The molecule has 0 spiro atoms. The van der Waals surface area contributed by atoms with E-state index in [2.05, 4.69) is 0 Å². The molecule has 1 aromatic rings. The van der Waals surface area contributed by atoms with Gasteiger partial charge in [-0.15, -0.1) is 0 Å². The van der Waals surface area contributed by atoms with Crippen LogP contribution in [0.5, 0.6) is 0 Å². The molecule has 2 amide bonds. The molecule has 118 valence electrons. The predicted molar refractivity (Wildman–Crippen MR) is 75.2 cm³/mol. The number of hydrogen-bond acceptors (Lipinski definition) is 5. The van der Waals surface area contributed by atoms with Gasteiger partial charge in [-0.05, 0) is 18.4 Å². The van der Waals surface area contributed by atoms with Crippen molar-refractivity contribution in [1.82, 2.24) is 9.21 Å². The Morgan fingerprint density at radius 2 is 1.91 bits per heavy atom. The van der Waals surface area contributed by atoms with Crippen LogP contribution in [0.1, 0.15) is 18.4 Å². The first-order valence-corrected chi connectivity index (χ1v) is 8.38. The number of aryl methyl sites for hydroxylation is 1. The summed E-state index contributed by atoms with van der Waals surface area (Å²) in [5, 5.41) is 0. The van der Waals surface area contributed by atoms with Crippen molar-refractivity contribution >= 4 is 22.1 Å². The number of β-lactam (4-membered cyclic amide) rings is 1. The fourth-order valence-electron chi connectivity index (χ4n) is 3.13. The summed E-state index contributed by atoms with van der Waals surface area (Å²) >= 11 is 0. The maximum Gasteiger partial charge on any atom is 1.00 e. The van der Waals surface area contributed by atoms with Gasteiger partial charge >= 0.3 is 29.6 Å². The Labute approximate surface area is 156 Å². The molecule has 1 aromatic carbocycles. The van der Waals surface area contributed by atoms with E-state index < -0.39 is 28.3 Å². The molecule has 2 heterocycles. The molecule has 0 bridgehead atoms. The van der Waals surface area contributed by atoms with Gasteiger partial charge in [0.1, 0.15) is 6.04 Å². The van der Waals surface area contributed by atoms with E-state index in [1.54, 1.807) is 0 Å². The Bertz CT molecular complexity index is 709. The quantitative estimate of drug-likeness (QED) is 0.327. The molecule has 0 aliphatic carbocycles. The maximum atomic E-state index is 12.2. The first kappa shape index (κ1) is 18.4. The molecular formula is C14H15N2NaO5S. The molecule has 23 heavy (non-hydrogen) atoms. The number of hydrogen-bond donors (Lipinski definition) is 0. The first-order valence-electron chi connectivity index (χ1n) is 7.02. The maximum absolute atomic E-state index is 12.2. The molecule has 2 aliphatic heterocycles. The minimum atomic E-state index is -4.78. The summed E-state index contributed by atoms with van der Waals surface area (Å²) < 4.78 is 33.4. The van der Waals surface area contributed by atoms with Gasteiger partial charge in [0.2, 0.25) is 5.91 Å². The van der Waals surface area contributed by atoms with E-state index in [1.807, 2.05) is 30.3 Å². The van der Waals surface area contributed by atoms with Gasteiger partial charge in [0.05, 0.1) is 6.04 Å². The topological polar surface area (TPSA) is 97.8 Å². The summed E-state index contributed by atoms with van der Waals surface area (Å²) in [6, 6.07) is 8.03. The van der Waals surface area contributed by atoms with Crippen LogP contribution in [0.3, 0.4) is 0 Å². The fourth-order valence-corrected chi connectivity index (χ4v) is 4.01. The van der Waals surface area contributed by atoms with Gasteiger partial charge in [0, 0.05) is 13.0 Å². The van der Waals surface area contributed by atoms with E-state index in [0.717, 1.165) is 5.56 Å². The summed E-state index contributed by atoms with van der Waals surface area (Å²) in [5.41, 5.74) is 1.02. The number of fused-ring (bicyclic) bond motifs is 1. The van der Waals surface area contributed by atoms with Gasteiger partial charge in [-0.3, -0.25) is 9.59 Å². The molecule has 0 unspecified atom stereocenters. The van der Waals surface area contributed by atoms with E-state index in [0.29, 0.717) is 23.7 Å². The normalized spacial score (nSPS) is 23.1. The van der Waals surface area contributed by atoms with Crippen LogP contribution in [-0.2, 0) is 26.3 Å². The van der Waals surface area contributed by atoms with Crippen LogP contribution in [0.25, 0.3) is 0 Å². The van der Waals surface area contributed by atoms with Gasteiger partial charge in [0.25, 0.3) is 5.91 Å². The molecule has 3 rings (SSSR count). The van der Waals surface area contributed by atoms with Crippen molar-refractivity contribution in [2.45, 2.75) is 31.3 Å². The van der Waals surface area contributed by atoms with Crippen molar-refractivity contribution in [2.24, 2.45) is 0 Å². The Hall–Kier alpha value is -0.930. The molecule has 9 heteroatoms. The van der Waals surface area contributed by atoms with Crippen molar-refractivity contribution in [1.29, 1.82) is 0 Å². The van der Waals surface area contributed by atoms with Crippen molar-refractivity contribution in [3.8, 4) is 0 Å². The standard InChI is InChI=1S/C14H16N2O5S.Na/c17-12(7-6-10-4-2-1-3-5-10)15-9-8-11-13(15)14(18)16(11)22(19,20)21;/h1-5,11,13H,6-9H2,(H,19,20,21);/q;+1/p-1/t11-,13+;/m1./s1. The molecule has 2 saturated heterocycles. The number of nitrogens with zero attached hydrogens (tertiary/aromatic N) is 2. The zero-order valence-electron chi connectivity index (χ0n) is 12.7. The Balaban J connectivity index is 0.00000192. The second kappa shape index (κ2) is 6.90.